The van der Waals surface area contributed by atoms with Crippen LogP contribution in [0, 0.1) is 0 Å². The van der Waals surface area contributed by atoms with E-state index in [1.807, 2.05) is 55.7 Å². The average molecular weight is 483 g/mol. The van der Waals surface area contributed by atoms with Crippen LogP contribution in [0.4, 0.5) is 5.69 Å². The van der Waals surface area contributed by atoms with Crippen LogP contribution in [0.2, 0.25) is 0 Å². The topological polar surface area (TPSA) is 67.5 Å². The van der Waals surface area contributed by atoms with Gasteiger partial charge in [-0.3, -0.25) is 4.79 Å². The van der Waals surface area contributed by atoms with E-state index >= 15 is 0 Å². The summed E-state index contributed by atoms with van der Waals surface area (Å²) in [6, 6.07) is 18.8. The highest BCUT2D eigenvalue weighted by atomic mass is 16.1. The fourth-order valence-electron chi connectivity index (χ4n) is 4.63. The van der Waals surface area contributed by atoms with Gasteiger partial charge in [0.1, 0.15) is 5.65 Å². The molecule has 0 atom stereocenters. The largest absolute Gasteiger partial charge is 0.369 e. The van der Waals surface area contributed by atoms with Gasteiger partial charge in [-0.05, 0) is 62.6 Å². The molecule has 1 amide bonds. The van der Waals surface area contributed by atoms with Crippen LogP contribution in [0.15, 0.2) is 67.0 Å². The van der Waals surface area contributed by atoms with Crippen LogP contribution in [0.1, 0.15) is 10.4 Å². The molecule has 1 saturated heterocycles. The lowest BCUT2D eigenvalue weighted by Gasteiger charge is -2.34. The maximum Gasteiger partial charge on any atom is 0.251 e. The number of nitrogens with zero attached hydrogens (tertiary/aromatic N) is 4. The Labute approximate surface area is 212 Å². The summed E-state index contributed by atoms with van der Waals surface area (Å²) >= 11 is 0. The first kappa shape index (κ1) is 24.0. The molecule has 0 bridgehead atoms. The van der Waals surface area contributed by atoms with Gasteiger partial charge >= 0.3 is 0 Å². The lowest BCUT2D eigenvalue weighted by atomic mass is 10.0. The van der Waals surface area contributed by atoms with Crippen molar-refractivity contribution in [1.82, 2.24) is 25.1 Å². The van der Waals surface area contributed by atoms with Gasteiger partial charge in [0, 0.05) is 79.4 Å². The highest BCUT2D eigenvalue weighted by Crippen LogP contribution is 2.32. The van der Waals surface area contributed by atoms with Gasteiger partial charge in [-0.25, -0.2) is 4.98 Å². The molecule has 0 saturated carbocycles. The average Bonchev–Trinajstić information content (AvgIpc) is 3.32. The van der Waals surface area contributed by atoms with E-state index in [2.05, 4.69) is 62.5 Å². The third-order valence-electron chi connectivity index (χ3n) is 6.90. The number of carbonyl (C=O) groups is 1. The number of amides is 1. The maximum absolute atomic E-state index is 12.4. The second kappa shape index (κ2) is 10.5. The van der Waals surface area contributed by atoms with E-state index in [1.165, 1.54) is 5.69 Å². The Bertz CT molecular complexity index is 1320. The number of rotatable bonds is 7. The number of aromatic amines is 1. The van der Waals surface area contributed by atoms with Gasteiger partial charge in [-0.15, -0.1) is 0 Å². The van der Waals surface area contributed by atoms with Crippen LogP contribution < -0.4 is 10.2 Å². The summed E-state index contributed by atoms with van der Waals surface area (Å²) in [7, 11) is 6.16. The predicted molar refractivity (Wildman–Crippen MR) is 148 cm³/mol. The summed E-state index contributed by atoms with van der Waals surface area (Å²) in [6.45, 7) is 5.76. The summed E-state index contributed by atoms with van der Waals surface area (Å²) in [5.74, 6) is -0.0497. The summed E-state index contributed by atoms with van der Waals surface area (Å²) in [4.78, 5) is 27.3. The van der Waals surface area contributed by atoms with Crippen molar-refractivity contribution in [2.75, 3.05) is 65.3 Å². The SMILES string of the molecule is CN(C)CCNC(=O)c1ccc(-c2c[nH]c3ncc(-c4ccc(N5CCN(C)CC5)cc4)cc23)cc1. The molecule has 7 nitrogen and oxygen atoms in total. The van der Waals surface area contributed by atoms with Crippen LogP contribution in [0.5, 0.6) is 0 Å². The molecule has 1 fully saturated rings. The highest BCUT2D eigenvalue weighted by molar-refractivity contribution is 5.98. The first-order chi connectivity index (χ1) is 17.5. The van der Waals surface area contributed by atoms with Crippen LogP contribution in [-0.4, -0.2) is 86.1 Å². The molecule has 0 radical (unpaired) electrons. The maximum atomic E-state index is 12.4. The normalized spacial score (nSPS) is 14.5. The van der Waals surface area contributed by atoms with Gasteiger partial charge in [0.05, 0.1) is 0 Å². The molecule has 0 unspecified atom stereocenters. The molecule has 2 aromatic carbocycles. The summed E-state index contributed by atoms with van der Waals surface area (Å²) in [6.07, 6.45) is 3.92. The molecule has 36 heavy (non-hydrogen) atoms. The quantitative estimate of drug-likeness (QED) is 0.418. The number of fused-ring (bicyclic) bond motifs is 1. The van der Waals surface area contributed by atoms with Gasteiger partial charge in [0.15, 0.2) is 0 Å². The molecule has 1 aliphatic heterocycles. The minimum absolute atomic E-state index is 0.0497. The number of nitrogens with one attached hydrogen (secondary N) is 2. The predicted octanol–water partition coefficient (Wildman–Crippen LogP) is 3.94. The van der Waals surface area contributed by atoms with Gasteiger partial charge in [-0.1, -0.05) is 24.3 Å². The molecule has 7 heteroatoms. The molecule has 5 rings (SSSR count). The first-order valence-corrected chi connectivity index (χ1v) is 12.5. The van der Waals surface area contributed by atoms with E-state index in [4.69, 9.17) is 0 Å². The zero-order chi connectivity index (χ0) is 25.1. The number of carbonyl (C=O) groups excluding carboxylic acids is 1. The van der Waals surface area contributed by atoms with E-state index < -0.39 is 0 Å². The molecule has 0 aliphatic carbocycles. The minimum atomic E-state index is -0.0497. The third kappa shape index (κ3) is 5.27. The van der Waals surface area contributed by atoms with Crippen molar-refractivity contribution >= 4 is 22.6 Å². The summed E-state index contributed by atoms with van der Waals surface area (Å²) in [5, 5.41) is 4.03. The third-order valence-corrected chi connectivity index (χ3v) is 6.90. The number of pyridine rings is 1. The van der Waals surface area contributed by atoms with Crippen LogP contribution >= 0.6 is 0 Å². The van der Waals surface area contributed by atoms with Gasteiger partial charge in [0.2, 0.25) is 0 Å². The highest BCUT2D eigenvalue weighted by Gasteiger charge is 2.15. The van der Waals surface area contributed by atoms with Crippen molar-refractivity contribution < 1.29 is 4.79 Å². The van der Waals surface area contributed by atoms with Crippen molar-refractivity contribution in [3.05, 3.63) is 72.6 Å². The Morgan fingerprint density at radius 2 is 1.67 bits per heavy atom. The lowest BCUT2D eigenvalue weighted by molar-refractivity contribution is 0.0951. The molecule has 186 valence electrons. The second-order valence-corrected chi connectivity index (χ2v) is 9.80. The van der Waals surface area contributed by atoms with E-state index in [0.717, 1.165) is 66.0 Å². The number of piperazine rings is 1. The van der Waals surface area contributed by atoms with Crippen LogP contribution in [0.25, 0.3) is 33.3 Å². The second-order valence-electron chi connectivity index (χ2n) is 9.80. The van der Waals surface area contributed by atoms with Crippen molar-refractivity contribution in [3.8, 4) is 22.3 Å². The van der Waals surface area contributed by atoms with E-state index in [9.17, 15) is 4.79 Å². The summed E-state index contributed by atoms with van der Waals surface area (Å²) in [5.41, 5.74) is 7.16. The molecular formula is C29H34N6O. The Morgan fingerprint density at radius 1 is 0.972 bits per heavy atom. The Hall–Kier alpha value is -3.68. The number of likely N-dealkylation sites (N-methyl/N-ethyl adjacent to an activating group) is 2. The molecular weight excluding hydrogens is 448 g/mol. The zero-order valence-electron chi connectivity index (χ0n) is 21.3. The van der Waals surface area contributed by atoms with Crippen LogP contribution in [0.3, 0.4) is 0 Å². The number of H-pyrrole nitrogens is 1. The van der Waals surface area contributed by atoms with Crippen molar-refractivity contribution in [2.24, 2.45) is 0 Å². The van der Waals surface area contributed by atoms with Gasteiger partial charge in [-0.2, -0.15) is 0 Å². The van der Waals surface area contributed by atoms with Crippen molar-refractivity contribution in [3.63, 3.8) is 0 Å². The number of hydrogen-bond donors (Lipinski definition) is 2. The fraction of sp³-hybridized carbons (Fsp3) is 0.310. The summed E-state index contributed by atoms with van der Waals surface area (Å²) < 4.78 is 0. The van der Waals surface area contributed by atoms with Crippen LogP contribution in [-0.2, 0) is 0 Å². The smallest absolute Gasteiger partial charge is 0.251 e. The number of benzene rings is 2. The van der Waals surface area contributed by atoms with Crippen molar-refractivity contribution in [2.45, 2.75) is 0 Å². The zero-order valence-corrected chi connectivity index (χ0v) is 21.3. The standard InChI is InChI=1S/C29H34N6O/c1-33(2)13-12-30-29(36)23-6-4-22(5-7-23)27-20-32-28-26(27)18-24(19-31-28)21-8-10-25(11-9-21)35-16-14-34(3)15-17-35/h4-11,18-20H,12-17H2,1-3H3,(H,30,36)(H,31,32). The Morgan fingerprint density at radius 3 is 2.36 bits per heavy atom. The molecule has 2 N–H and O–H groups in total. The molecule has 1 aliphatic rings. The van der Waals surface area contributed by atoms with E-state index in [-0.39, 0.29) is 5.91 Å². The number of aromatic nitrogens is 2. The minimum Gasteiger partial charge on any atom is -0.369 e. The number of hydrogen-bond acceptors (Lipinski definition) is 5. The molecule has 2 aromatic heterocycles. The fourth-order valence-corrected chi connectivity index (χ4v) is 4.63. The van der Waals surface area contributed by atoms with Gasteiger partial charge in [0.25, 0.3) is 5.91 Å². The number of anilines is 1. The molecule has 3 heterocycles. The van der Waals surface area contributed by atoms with Crippen molar-refractivity contribution in [1.29, 1.82) is 0 Å². The Kier molecular flexibility index (Phi) is 7.02. The Balaban J connectivity index is 1.34. The van der Waals surface area contributed by atoms with E-state index in [0.29, 0.717) is 12.1 Å². The first-order valence-electron chi connectivity index (χ1n) is 12.5. The van der Waals surface area contributed by atoms with Gasteiger partial charge < -0.3 is 25.0 Å². The van der Waals surface area contributed by atoms with E-state index in [1.54, 1.807) is 0 Å². The molecule has 0 spiro atoms. The monoisotopic (exact) mass is 482 g/mol. The molecule has 4 aromatic rings. The lowest BCUT2D eigenvalue weighted by Crippen LogP contribution is -2.44.